The molecule has 4 fully saturated rings. The van der Waals surface area contributed by atoms with Crippen molar-refractivity contribution in [1.29, 1.82) is 0 Å². The third-order valence-electron chi connectivity index (χ3n) is 8.37. The molecule has 11 nitrogen and oxygen atoms in total. The highest BCUT2D eigenvalue weighted by molar-refractivity contribution is 5.72. The van der Waals surface area contributed by atoms with Gasteiger partial charge >= 0.3 is 12.1 Å². The first-order chi connectivity index (χ1) is 20.1. The zero-order chi connectivity index (χ0) is 31.0. The number of alkyl halides is 3. The van der Waals surface area contributed by atoms with Crippen LogP contribution in [0.4, 0.5) is 19.0 Å². The molecule has 0 aromatic carbocycles. The quantitative estimate of drug-likeness (QED) is 0.459. The first kappa shape index (κ1) is 32.3. The summed E-state index contributed by atoms with van der Waals surface area (Å²) in [6.07, 6.45) is -1.59. The fraction of sp³-hybridized carbons (Fsp3) is 0.828. The standard InChI is InChI=1S/C29H45F3N6O5/c1-27(2,3)41-24(39)17-36-8-6-19(7-9-36)38-12-10-37(11-13-38)16-21-26-25(42-28(4,5)43-26)20(18-40-21)34-23-15-33-14-22(35-23)29(30,31)32/h14-15,19-21,25-26H,6-13,16-18H2,1-5H3,(H,34,35)/t20-,21+,25+,26-/m0/s1. The Labute approximate surface area is 251 Å². The molecule has 1 aromatic heterocycles. The zero-order valence-corrected chi connectivity index (χ0v) is 25.7. The first-order valence-electron chi connectivity index (χ1n) is 15.2. The second-order valence-electron chi connectivity index (χ2n) is 13.4. The summed E-state index contributed by atoms with van der Waals surface area (Å²) in [5, 5.41) is 3.04. The Balaban J connectivity index is 1.10. The Morgan fingerprint density at radius 3 is 2.35 bits per heavy atom. The van der Waals surface area contributed by atoms with Crippen molar-refractivity contribution in [2.45, 2.75) is 95.4 Å². The number of nitrogens with zero attached hydrogens (tertiary/aromatic N) is 5. The predicted octanol–water partition coefficient (Wildman–Crippen LogP) is 2.62. The number of piperazine rings is 1. The van der Waals surface area contributed by atoms with Crippen LogP contribution in [0.5, 0.6) is 0 Å². The summed E-state index contributed by atoms with van der Waals surface area (Å²) < 4.78 is 63.6. The van der Waals surface area contributed by atoms with Crippen molar-refractivity contribution < 1.29 is 36.9 Å². The number of rotatable bonds is 7. The van der Waals surface area contributed by atoms with E-state index < -0.39 is 35.4 Å². The zero-order valence-electron chi connectivity index (χ0n) is 25.7. The molecule has 5 rings (SSSR count). The molecule has 4 atom stereocenters. The van der Waals surface area contributed by atoms with Crippen LogP contribution >= 0.6 is 0 Å². The van der Waals surface area contributed by atoms with Gasteiger partial charge in [0.05, 0.1) is 37.7 Å². The SMILES string of the molecule is CC(C)(C)OC(=O)CN1CCC(N2CCN(C[C@H]3OC[C@H](Nc4cncc(C(F)(F)F)n4)[C@H]4OC(C)(C)O[C@H]43)CC2)CC1. The number of carbonyl (C=O) groups is 1. The van der Waals surface area contributed by atoms with Gasteiger partial charge in [0.2, 0.25) is 0 Å². The highest BCUT2D eigenvalue weighted by Crippen LogP contribution is 2.37. The number of aromatic nitrogens is 2. The highest BCUT2D eigenvalue weighted by Gasteiger charge is 2.52. The fourth-order valence-corrected chi connectivity index (χ4v) is 6.44. The van der Waals surface area contributed by atoms with Gasteiger partial charge in [-0.25, -0.2) is 4.98 Å². The molecule has 0 saturated carbocycles. The van der Waals surface area contributed by atoms with E-state index in [0.717, 1.165) is 52.1 Å². The van der Waals surface area contributed by atoms with Gasteiger partial charge in [0.25, 0.3) is 0 Å². The van der Waals surface area contributed by atoms with Crippen molar-refractivity contribution in [1.82, 2.24) is 24.7 Å². The molecule has 0 spiro atoms. The van der Waals surface area contributed by atoms with Gasteiger partial charge in [-0.1, -0.05) is 0 Å². The van der Waals surface area contributed by atoms with E-state index in [1.807, 2.05) is 34.6 Å². The predicted molar refractivity (Wildman–Crippen MR) is 151 cm³/mol. The number of hydrogen-bond donors (Lipinski definition) is 1. The van der Waals surface area contributed by atoms with Crippen molar-refractivity contribution in [3.8, 4) is 0 Å². The van der Waals surface area contributed by atoms with Crippen LogP contribution in [0.15, 0.2) is 12.4 Å². The van der Waals surface area contributed by atoms with E-state index in [9.17, 15) is 18.0 Å². The molecule has 1 aromatic rings. The van der Waals surface area contributed by atoms with E-state index in [1.54, 1.807) is 0 Å². The number of likely N-dealkylation sites (tertiary alicyclic amines) is 1. The summed E-state index contributed by atoms with van der Waals surface area (Å²) in [4.78, 5) is 26.7. The van der Waals surface area contributed by atoms with Crippen molar-refractivity contribution in [2.75, 3.05) is 64.3 Å². The highest BCUT2D eigenvalue weighted by atomic mass is 19.4. The summed E-state index contributed by atoms with van der Waals surface area (Å²) in [6, 6.07) is 0.0596. The Bertz CT molecular complexity index is 1100. The molecule has 4 aliphatic heterocycles. The number of piperidine rings is 1. The summed E-state index contributed by atoms with van der Waals surface area (Å²) in [5.41, 5.74) is -1.52. The van der Waals surface area contributed by atoms with Crippen LogP contribution < -0.4 is 5.32 Å². The number of ether oxygens (including phenoxy) is 4. The van der Waals surface area contributed by atoms with E-state index in [0.29, 0.717) is 25.3 Å². The fourth-order valence-electron chi connectivity index (χ4n) is 6.44. The lowest BCUT2D eigenvalue weighted by Gasteiger charge is -2.44. The molecule has 0 radical (unpaired) electrons. The molecule has 0 unspecified atom stereocenters. The molecule has 242 valence electrons. The van der Waals surface area contributed by atoms with E-state index in [4.69, 9.17) is 18.9 Å². The van der Waals surface area contributed by atoms with Crippen molar-refractivity contribution in [3.05, 3.63) is 18.1 Å². The number of halogens is 3. The third kappa shape index (κ3) is 8.54. The van der Waals surface area contributed by atoms with Crippen molar-refractivity contribution >= 4 is 11.8 Å². The number of anilines is 1. The number of esters is 1. The molecular formula is C29H45F3N6O5. The van der Waals surface area contributed by atoms with Crippen LogP contribution in [0.3, 0.4) is 0 Å². The number of carbonyl (C=O) groups excluding carboxylic acids is 1. The second-order valence-corrected chi connectivity index (χ2v) is 13.4. The van der Waals surface area contributed by atoms with Gasteiger partial charge in [0.15, 0.2) is 11.5 Å². The lowest BCUT2D eigenvalue weighted by atomic mass is 9.97. The maximum atomic E-state index is 13.1. The van der Waals surface area contributed by atoms with Gasteiger partial charge in [-0.05, 0) is 47.5 Å². The summed E-state index contributed by atoms with van der Waals surface area (Å²) in [6.45, 7) is 16.1. The van der Waals surface area contributed by atoms with E-state index in [-0.39, 0.29) is 30.6 Å². The van der Waals surface area contributed by atoms with E-state index in [2.05, 4.69) is 30.0 Å². The van der Waals surface area contributed by atoms with Crippen molar-refractivity contribution in [2.24, 2.45) is 0 Å². The van der Waals surface area contributed by atoms with Gasteiger partial charge in [0.1, 0.15) is 23.6 Å². The maximum Gasteiger partial charge on any atom is 0.434 e. The van der Waals surface area contributed by atoms with Crippen LogP contribution in [0.25, 0.3) is 0 Å². The topological polar surface area (TPSA) is 102 Å². The minimum absolute atomic E-state index is 0.0146. The van der Waals surface area contributed by atoms with Crippen LogP contribution in [0.1, 0.15) is 53.2 Å². The molecule has 0 aliphatic carbocycles. The minimum atomic E-state index is -4.58. The largest absolute Gasteiger partial charge is 0.459 e. The molecule has 5 heterocycles. The molecule has 4 aliphatic rings. The first-order valence-corrected chi connectivity index (χ1v) is 15.2. The Kier molecular flexibility index (Phi) is 9.55. The molecule has 4 saturated heterocycles. The monoisotopic (exact) mass is 614 g/mol. The normalized spacial score (nSPS) is 29.8. The number of fused-ring (bicyclic) bond motifs is 1. The van der Waals surface area contributed by atoms with E-state index >= 15 is 0 Å². The summed E-state index contributed by atoms with van der Waals surface area (Å²) in [7, 11) is 0. The minimum Gasteiger partial charge on any atom is -0.459 e. The second kappa shape index (κ2) is 12.7. The van der Waals surface area contributed by atoms with Crippen molar-refractivity contribution in [3.63, 3.8) is 0 Å². The van der Waals surface area contributed by atoms with Crippen LogP contribution in [0, 0.1) is 0 Å². The number of hydrogen-bond acceptors (Lipinski definition) is 11. The Hall–Kier alpha value is -2.10. The Morgan fingerprint density at radius 1 is 1.02 bits per heavy atom. The molecule has 14 heteroatoms. The molecular weight excluding hydrogens is 569 g/mol. The van der Waals surface area contributed by atoms with Gasteiger partial charge in [0, 0.05) is 51.9 Å². The lowest BCUT2D eigenvalue weighted by molar-refractivity contribution is -0.156. The average Bonchev–Trinajstić information content (AvgIpc) is 3.25. The smallest absolute Gasteiger partial charge is 0.434 e. The van der Waals surface area contributed by atoms with Crippen LogP contribution in [-0.4, -0.2) is 131 Å². The molecule has 0 bridgehead atoms. The van der Waals surface area contributed by atoms with Crippen LogP contribution in [0.2, 0.25) is 0 Å². The van der Waals surface area contributed by atoms with Crippen LogP contribution in [-0.2, 0) is 29.9 Å². The molecule has 1 N–H and O–H groups in total. The summed E-state index contributed by atoms with van der Waals surface area (Å²) in [5.74, 6) is -1.00. The lowest BCUT2D eigenvalue weighted by Crippen LogP contribution is -2.59. The Morgan fingerprint density at radius 2 is 1.70 bits per heavy atom. The maximum absolute atomic E-state index is 13.1. The third-order valence-corrected chi connectivity index (χ3v) is 8.37. The van der Waals surface area contributed by atoms with Gasteiger partial charge < -0.3 is 24.3 Å². The molecule has 0 amide bonds. The number of nitrogens with one attached hydrogen (secondary N) is 1. The van der Waals surface area contributed by atoms with Gasteiger partial charge in [-0.15, -0.1) is 0 Å². The summed E-state index contributed by atoms with van der Waals surface area (Å²) >= 11 is 0. The van der Waals surface area contributed by atoms with E-state index in [1.165, 1.54) is 6.20 Å². The van der Waals surface area contributed by atoms with Gasteiger partial charge in [-0.3, -0.25) is 24.5 Å². The average molecular weight is 615 g/mol. The molecule has 43 heavy (non-hydrogen) atoms. The van der Waals surface area contributed by atoms with Gasteiger partial charge in [-0.2, -0.15) is 13.2 Å².